The number of rotatable bonds is 3. The number of amides is 1. The van der Waals surface area contributed by atoms with Crippen LogP contribution in [0.3, 0.4) is 0 Å². The van der Waals surface area contributed by atoms with Gasteiger partial charge >= 0.3 is 0 Å². The van der Waals surface area contributed by atoms with Crippen molar-refractivity contribution in [1.29, 1.82) is 0 Å². The minimum atomic E-state index is 0.0700. The molecule has 1 aliphatic heterocycles. The molecule has 1 fully saturated rings. The first kappa shape index (κ1) is 17.4. The van der Waals surface area contributed by atoms with Crippen molar-refractivity contribution in [2.75, 3.05) is 52.2 Å². The topological polar surface area (TPSA) is 39.7 Å². The van der Waals surface area contributed by atoms with Crippen LogP contribution >= 0.6 is 0 Å². The summed E-state index contributed by atoms with van der Waals surface area (Å²) in [7, 11) is 5.96. The maximum Gasteiger partial charge on any atom is 0.257 e. The molecule has 0 N–H and O–H groups in total. The Kier molecular flexibility index (Phi) is 5.04. The monoisotopic (exact) mass is 338 g/mol. The summed E-state index contributed by atoms with van der Waals surface area (Å²) in [5, 5.41) is 0. The van der Waals surface area contributed by atoms with E-state index in [4.69, 9.17) is 4.98 Å². The number of pyridine rings is 1. The zero-order chi connectivity index (χ0) is 18.0. The zero-order valence-electron chi connectivity index (χ0n) is 15.5. The van der Waals surface area contributed by atoms with Gasteiger partial charge in [-0.05, 0) is 31.7 Å². The Hall–Kier alpha value is -2.40. The van der Waals surface area contributed by atoms with E-state index >= 15 is 0 Å². The van der Waals surface area contributed by atoms with Crippen molar-refractivity contribution in [1.82, 2.24) is 14.8 Å². The molecule has 0 radical (unpaired) electrons. The van der Waals surface area contributed by atoms with E-state index in [1.165, 1.54) is 5.56 Å². The number of carbonyl (C=O) groups excluding carboxylic acids is 1. The van der Waals surface area contributed by atoms with Crippen LogP contribution < -0.4 is 4.90 Å². The van der Waals surface area contributed by atoms with E-state index in [1.54, 1.807) is 0 Å². The maximum absolute atomic E-state index is 13.0. The zero-order valence-corrected chi connectivity index (χ0v) is 15.5. The highest BCUT2D eigenvalue weighted by Crippen LogP contribution is 2.26. The second kappa shape index (κ2) is 7.23. The molecule has 5 heteroatoms. The summed E-state index contributed by atoms with van der Waals surface area (Å²) in [6, 6.07) is 12.1. The largest absolute Gasteiger partial charge is 0.362 e. The average molecular weight is 338 g/mol. The van der Waals surface area contributed by atoms with Gasteiger partial charge in [-0.2, -0.15) is 0 Å². The minimum absolute atomic E-state index is 0.0700. The molecule has 1 saturated heterocycles. The van der Waals surface area contributed by atoms with Gasteiger partial charge in [0.05, 0.1) is 11.3 Å². The third-order valence-corrected chi connectivity index (χ3v) is 4.74. The smallest absolute Gasteiger partial charge is 0.257 e. The number of nitrogens with zero attached hydrogens (tertiary/aromatic N) is 4. The van der Waals surface area contributed by atoms with Crippen molar-refractivity contribution in [2.45, 2.75) is 6.92 Å². The van der Waals surface area contributed by atoms with E-state index in [0.29, 0.717) is 5.56 Å². The summed E-state index contributed by atoms with van der Waals surface area (Å²) >= 11 is 0. The van der Waals surface area contributed by atoms with Crippen LogP contribution in [-0.2, 0) is 0 Å². The van der Waals surface area contributed by atoms with Crippen molar-refractivity contribution in [3.05, 3.63) is 47.5 Å². The van der Waals surface area contributed by atoms with E-state index < -0.39 is 0 Å². The fraction of sp³-hybridized carbons (Fsp3) is 0.400. The second-order valence-electron chi connectivity index (χ2n) is 6.87. The molecule has 0 unspecified atom stereocenters. The van der Waals surface area contributed by atoms with E-state index in [-0.39, 0.29) is 5.91 Å². The van der Waals surface area contributed by atoms with Gasteiger partial charge in [0.1, 0.15) is 5.82 Å². The summed E-state index contributed by atoms with van der Waals surface area (Å²) in [5.41, 5.74) is 3.85. The quantitative estimate of drug-likeness (QED) is 0.862. The number of piperazine rings is 1. The number of benzene rings is 1. The van der Waals surface area contributed by atoms with Crippen LogP contribution in [0.2, 0.25) is 0 Å². The lowest BCUT2D eigenvalue weighted by molar-refractivity contribution is 0.0664. The SMILES string of the molecule is Cc1ccccc1-c1ccc(C(=O)N2CCN(C)CC2)c(N(C)C)n1. The Morgan fingerprint density at radius 2 is 1.72 bits per heavy atom. The second-order valence-corrected chi connectivity index (χ2v) is 6.87. The van der Waals surface area contributed by atoms with Crippen molar-refractivity contribution in [3.8, 4) is 11.3 Å². The van der Waals surface area contributed by atoms with Crippen LogP contribution in [0.1, 0.15) is 15.9 Å². The van der Waals surface area contributed by atoms with Crippen LogP contribution in [0, 0.1) is 6.92 Å². The molecule has 2 aromatic rings. The maximum atomic E-state index is 13.0. The van der Waals surface area contributed by atoms with Gasteiger partial charge in [-0.25, -0.2) is 4.98 Å². The van der Waals surface area contributed by atoms with Crippen molar-refractivity contribution in [2.24, 2.45) is 0 Å². The fourth-order valence-electron chi connectivity index (χ4n) is 3.15. The molecule has 0 aliphatic carbocycles. The number of likely N-dealkylation sites (N-methyl/N-ethyl adjacent to an activating group) is 1. The van der Waals surface area contributed by atoms with E-state index in [2.05, 4.69) is 31.0 Å². The molecule has 1 aromatic heterocycles. The van der Waals surface area contributed by atoms with Crippen LogP contribution in [0.5, 0.6) is 0 Å². The molecular formula is C20H26N4O. The first-order chi connectivity index (χ1) is 12.0. The first-order valence-electron chi connectivity index (χ1n) is 8.69. The standard InChI is InChI=1S/C20H26N4O/c1-15-7-5-6-8-16(15)18-10-9-17(19(21-18)22(2)3)20(25)24-13-11-23(4)12-14-24/h5-10H,11-14H2,1-4H3. The number of anilines is 1. The summed E-state index contributed by atoms with van der Waals surface area (Å²) in [5.74, 6) is 0.797. The fourth-order valence-corrected chi connectivity index (χ4v) is 3.15. The summed E-state index contributed by atoms with van der Waals surface area (Å²) in [6.45, 7) is 5.44. The van der Waals surface area contributed by atoms with Gasteiger partial charge in [-0.15, -0.1) is 0 Å². The molecule has 0 atom stereocenters. The third-order valence-electron chi connectivity index (χ3n) is 4.74. The third kappa shape index (κ3) is 3.66. The van der Waals surface area contributed by atoms with Gasteiger partial charge in [0.2, 0.25) is 0 Å². The molecular weight excluding hydrogens is 312 g/mol. The molecule has 0 spiro atoms. The van der Waals surface area contributed by atoms with E-state index in [9.17, 15) is 4.79 Å². The number of hydrogen-bond acceptors (Lipinski definition) is 4. The molecule has 0 bridgehead atoms. The van der Waals surface area contributed by atoms with Crippen LogP contribution in [0.4, 0.5) is 5.82 Å². The average Bonchev–Trinajstić information content (AvgIpc) is 2.61. The van der Waals surface area contributed by atoms with Crippen molar-refractivity contribution in [3.63, 3.8) is 0 Å². The lowest BCUT2D eigenvalue weighted by Gasteiger charge is -2.33. The Bertz CT molecular complexity index is 764. The van der Waals surface area contributed by atoms with Gasteiger partial charge in [-0.3, -0.25) is 4.79 Å². The predicted octanol–water partition coefficient (Wildman–Crippen LogP) is 2.51. The number of hydrogen-bond donors (Lipinski definition) is 0. The normalized spacial score (nSPS) is 15.3. The molecule has 2 heterocycles. The van der Waals surface area contributed by atoms with Gasteiger partial charge in [-0.1, -0.05) is 24.3 Å². The Labute approximate surface area is 149 Å². The highest BCUT2D eigenvalue weighted by atomic mass is 16.2. The molecule has 0 saturated carbocycles. The number of carbonyl (C=O) groups is 1. The molecule has 1 amide bonds. The van der Waals surface area contributed by atoms with E-state index in [0.717, 1.165) is 43.3 Å². The summed E-state index contributed by atoms with van der Waals surface area (Å²) < 4.78 is 0. The molecule has 132 valence electrons. The molecule has 3 rings (SSSR count). The van der Waals surface area contributed by atoms with Crippen LogP contribution in [-0.4, -0.2) is 68.0 Å². The van der Waals surface area contributed by atoms with Crippen molar-refractivity contribution < 1.29 is 4.79 Å². The number of aromatic nitrogens is 1. The van der Waals surface area contributed by atoms with Gasteiger partial charge in [0.25, 0.3) is 5.91 Å². The summed E-state index contributed by atoms with van der Waals surface area (Å²) in [6.07, 6.45) is 0. The highest BCUT2D eigenvalue weighted by Gasteiger charge is 2.24. The predicted molar refractivity (Wildman–Crippen MR) is 102 cm³/mol. The van der Waals surface area contributed by atoms with Crippen LogP contribution in [0.25, 0.3) is 11.3 Å². The number of aryl methyl sites for hydroxylation is 1. The van der Waals surface area contributed by atoms with Gasteiger partial charge < -0.3 is 14.7 Å². The Balaban J connectivity index is 1.95. The summed E-state index contributed by atoms with van der Waals surface area (Å²) in [4.78, 5) is 23.9. The van der Waals surface area contributed by atoms with Crippen molar-refractivity contribution >= 4 is 11.7 Å². The Morgan fingerprint density at radius 1 is 1.04 bits per heavy atom. The first-order valence-corrected chi connectivity index (χ1v) is 8.69. The molecule has 1 aromatic carbocycles. The van der Waals surface area contributed by atoms with E-state index in [1.807, 2.05) is 48.2 Å². The van der Waals surface area contributed by atoms with Gasteiger partial charge in [0, 0.05) is 45.8 Å². The highest BCUT2D eigenvalue weighted by molar-refractivity contribution is 5.99. The van der Waals surface area contributed by atoms with Crippen LogP contribution in [0.15, 0.2) is 36.4 Å². The lowest BCUT2D eigenvalue weighted by atomic mass is 10.0. The minimum Gasteiger partial charge on any atom is -0.362 e. The molecule has 5 nitrogen and oxygen atoms in total. The Morgan fingerprint density at radius 3 is 2.36 bits per heavy atom. The lowest BCUT2D eigenvalue weighted by Crippen LogP contribution is -2.47. The molecule has 1 aliphatic rings. The molecule has 25 heavy (non-hydrogen) atoms. The van der Waals surface area contributed by atoms with Gasteiger partial charge in [0.15, 0.2) is 0 Å².